The van der Waals surface area contributed by atoms with Crippen LogP contribution in [0.2, 0.25) is 0 Å². The predicted octanol–water partition coefficient (Wildman–Crippen LogP) is 0.318. The predicted molar refractivity (Wildman–Crippen MR) is 70.4 cm³/mol. The molecular weight excluding hydrogens is 236 g/mol. The van der Waals surface area contributed by atoms with E-state index in [0.29, 0.717) is 39.5 Å². The summed E-state index contributed by atoms with van der Waals surface area (Å²) in [5.74, 6) is -0.120. The molecule has 0 unspecified atom stereocenters. The normalized spacial score (nSPS) is 9.11. The van der Waals surface area contributed by atoms with Crippen molar-refractivity contribution in [3.05, 3.63) is 0 Å². The lowest BCUT2D eigenvalue weighted by Crippen LogP contribution is -2.26. The highest BCUT2D eigenvalue weighted by Crippen LogP contribution is 1.78. The Labute approximate surface area is 109 Å². The third-order valence-corrected chi connectivity index (χ3v) is 1.61. The van der Waals surface area contributed by atoms with E-state index in [0.717, 1.165) is 0 Å². The first-order valence-corrected chi connectivity index (χ1v) is 6.27. The van der Waals surface area contributed by atoms with Crippen LogP contribution in [0, 0.1) is 0 Å². The molecule has 6 nitrogen and oxygen atoms in total. The zero-order chi connectivity index (χ0) is 14.2. The van der Waals surface area contributed by atoms with Crippen molar-refractivity contribution in [2.24, 2.45) is 0 Å². The van der Waals surface area contributed by atoms with Gasteiger partial charge in [0, 0.05) is 26.9 Å². The van der Waals surface area contributed by atoms with Gasteiger partial charge < -0.3 is 20.1 Å². The second-order valence-corrected chi connectivity index (χ2v) is 3.19. The van der Waals surface area contributed by atoms with Crippen LogP contribution in [0.25, 0.3) is 0 Å². The van der Waals surface area contributed by atoms with Gasteiger partial charge >= 0.3 is 0 Å². The van der Waals surface area contributed by atoms with Crippen molar-refractivity contribution in [2.75, 3.05) is 39.5 Å². The summed E-state index contributed by atoms with van der Waals surface area (Å²) in [5.41, 5.74) is 0. The van der Waals surface area contributed by atoms with Crippen molar-refractivity contribution in [2.45, 2.75) is 27.7 Å². The van der Waals surface area contributed by atoms with Crippen molar-refractivity contribution >= 4 is 11.8 Å². The number of carbonyl (C=O) groups excluding carboxylic acids is 2. The van der Waals surface area contributed by atoms with Gasteiger partial charge in [-0.1, -0.05) is 13.8 Å². The monoisotopic (exact) mass is 262 g/mol. The highest BCUT2D eigenvalue weighted by Gasteiger charge is 1.93. The molecule has 0 heterocycles. The van der Waals surface area contributed by atoms with E-state index < -0.39 is 0 Å². The number of rotatable bonds is 9. The van der Waals surface area contributed by atoms with Crippen LogP contribution in [0.3, 0.4) is 0 Å². The quantitative estimate of drug-likeness (QED) is 0.587. The molecule has 0 aromatic carbocycles. The molecule has 2 N–H and O–H groups in total. The molecule has 0 bridgehead atoms. The molecule has 0 fully saturated rings. The number of carbonyl (C=O) groups is 2. The Hall–Kier alpha value is -1.14. The SMILES string of the molecule is CC.CC(=O)NCCOCCOCCNC(C)=O. The molecule has 2 amide bonds. The Kier molecular flexibility index (Phi) is 16.9. The summed E-state index contributed by atoms with van der Waals surface area (Å²) in [6, 6.07) is 0. The van der Waals surface area contributed by atoms with Gasteiger partial charge in [0.1, 0.15) is 0 Å². The van der Waals surface area contributed by atoms with Crippen molar-refractivity contribution in [1.82, 2.24) is 10.6 Å². The maximum atomic E-state index is 10.5. The molecule has 18 heavy (non-hydrogen) atoms. The standard InChI is InChI=1S/C10H20N2O4.C2H6/c1-9(13)11-3-5-15-7-8-16-6-4-12-10(2)14;1-2/h3-8H2,1-2H3,(H,11,13)(H,12,14);1-2H3. The average Bonchev–Trinajstić information content (AvgIpc) is 2.33. The summed E-state index contributed by atoms with van der Waals surface area (Å²) in [6.45, 7) is 9.89. The highest BCUT2D eigenvalue weighted by molar-refractivity contribution is 5.73. The highest BCUT2D eigenvalue weighted by atomic mass is 16.5. The fourth-order valence-corrected chi connectivity index (χ4v) is 0.920. The summed E-state index contributed by atoms with van der Waals surface area (Å²) >= 11 is 0. The summed E-state index contributed by atoms with van der Waals surface area (Å²) in [5, 5.41) is 5.23. The number of hydrogen-bond acceptors (Lipinski definition) is 4. The van der Waals surface area contributed by atoms with Crippen LogP contribution in [0.5, 0.6) is 0 Å². The lowest BCUT2D eigenvalue weighted by molar-refractivity contribution is -0.120. The fourth-order valence-electron chi connectivity index (χ4n) is 0.920. The topological polar surface area (TPSA) is 76.7 Å². The van der Waals surface area contributed by atoms with Gasteiger partial charge in [0.2, 0.25) is 11.8 Å². The van der Waals surface area contributed by atoms with E-state index >= 15 is 0 Å². The van der Waals surface area contributed by atoms with E-state index in [1.54, 1.807) is 0 Å². The molecule has 0 aliphatic rings. The Morgan fingerprint density at radius 3 is 1.39 bits per heavy atom. The molecule has 0 saturated heterocycles. The van der Waals surface area contributed by atoms with Crippen LogP contribution < -0.4 is 10.6 Å². The number of amides is 2. The van der Waals surface area contributed by atoms with Crippen LogP contribution in [0.15, 0.2) is 0 Å². The molecule has 0 aromatic rings. The molecule has 0 spiro atoms. The Balaban J connectivity index is 0. The van der Waals surface area contributed by atoms with Crippen LogP contribution in [-0.2, 0) is 19.1 Å². The van der Waals surface area contributed by atoms with Gasteiger partial charge in [0.25, 0.3) is 0 Å². The molecule has 0 atom stereocenters. The second kappa shape index (κ2) is 15.9. The van der Waals surface area contributed by atoms with Gasteiger partial charge in [-0.3, -0.25) is 9.59 Å². The van der Waals surface area contributed by atoms with Crippen molar-refractivity contribution < 1.29 is 19.1 Å². The largest absolute Gasteiger partial charge is 0.377 e. The first kappa shape index (κ1) is 19.2. The van der Waals surface area contributed by atoms with Crippen LogP contribution in [-0.4, -0.2) is 51.3 Å². The summed E-state index contributed by atoms with van der Waals surface area (Å²) in [7, 11) is 0. The zero-order valence-corrected chi connectivity index (χ0v) is 11.9. The number of nitrogens with one attached hydrogen (secondary N) is 2. The van der Waals surface area contributed by atoms with Gasteiger partial charge in [0.15, 0.2) is 0 Å². The minimum absolute atomic E-state index is 0.0600. The van der Waals surface area contributed by atoms with E-state index in [9.17, 15) is 9.59 Å². The van der Waals surface area contributed by atoms with Crippen molar-refractivity contribution in [3.63, 3.8) is 0 Å². The second-order valence-electron chi connectivity index (χ2n) is 3.19. The summed E-state index contributed by atoms with van der Waals surface area (Å²) in [6.07, 6.45) is 0. The average molecular weight is 262 g/mol. The maximum Gasteiger partial charge on any atom is 0.216 e. The lowest BCUT2D eigenvalue weighted by atomic mass is 10.6. The zero-order valence-electron chi connectivity index (χ0n) is 11.9. The van der Waals surface area contributed by atoms with Gasteiger partial charge in [-0.05, 0) is 0 Å². The Morgan fingerprint density at radius 2 is 1.11 bits per heavy atom. The van der Waals surface area contributed by atoms with E-state index in [-0.39, 0.29) is 11.8 Å². The molecule has 0 aliphatic carbocycles. The summed E-state index contributed by atoms with van der Waals surface area (Å²) < 4.78 is 10.4. The lowest BCUT2D eigenvalue weighted by Gasteiger charge is -2.06. The molecular formula is C12H26N2O4. The summed E-state index contributed by atoms with van der Waals surface area (Å²) in [4.78, 5) is 21.0. The molecule has 0 radical (unpaired) electrons. The minimum Gasteiger partial charge on any atom is -0.377 e. The molecule has 0 rings (SSSR count). The van der Waals surface area contributed by atoms with E-state index in [2.05, 4.69) is 10.6 Å². The molecule has 0 aromatic heterocycles. The third kappa shape index (κ3) is 20.3. The Morgan fingerprint density at radius 1 is 0.778 bits per heavy atom. The van der Waals surface area contributed by atoms with Crippen molar-refractivity contribution in [1.29, 1.82) is 0 Å². The van der Waals surface area contributed by atoms with E-state index in [1.807, 2.05) is 13.8 Å². The Bertz CT molecular complexity index is 188. The van der Waals surface area contributed by atoms with Gasteiger partial charge in [0.05, 0.1) is 26.4 Å². The van der Waals surface area contributed by atoms with Gasteiger partial charge in [-0.15, -0.1) is 0 Å². The third-order valence-electron chi connectivity index (χ3n) is 1.61. The van der Waals surface area contributed by atoms with E-state index in [1.165, 1.54) is 13.8 Å². The molecule has 108 valence electrons. The smallest absolute Gasteiger partial charge is 0.216 e. The fraction of sp³-hybridized carbons (Fsp3) is 0.833. The van der Waals surface area contributed by atoms with E-state index in [4.69, 9.17) is 9.47 Å². The van der Waals surface area contributed by atoms with Crippen LogP contribution >= 0.6 is 0 Å². The first-order chi connectivity index (χ1) is 8.63. The first-order valence-electron chi connectivity index (χ1n) is 6.27. The van der Waals surface area contributed by atoms with Gasteiger partial charge in [-0.25, -0.2) is 0 Å². The maximum absolute atomic E-state index is 10.5. The minimum atomic E-state index is -0.0600. The van der Waals surface area contributed by atoms with Crippen molar-refractivity contribution in [3.8, 4) is 0 Å². The molecule has 0 saturated carbocycles. The molecule has 0 aliphatic heterocycles. The van der Waals surface area contributed by atoms with Crippen LogP contribution in [0.1, 0.15) is 27.7 Å². The number of hydrogen-bond donors (Lipinski definition) is 2. The van der Waals surface area contributed by atoms with Crippen LogP contribution in [0.4, 0.5) is 0 Å². The van der Waals surface area contributed by atoms with Gasteiger partial charge in [-0.2, -0.15) is 0 Å². The molecule has 6 heteroatoms. The number of ether oxygens (including phenoxy) is 2.